The van der Waals surface area contributed by atoms with Gasteiger partial charge in [0.1, 0.15) is 11.5 Å². The minimum absolute atomic E-state index is 0.383. The zero-order valence-electron chi connectivity index (χ0n) is 11.9. The third kappa shape index (κ3) is 2.17. The van der Waals surface area contributed by atoms with Crippen molar-refractivity contribution in [2.75, 3.05) is 6.54 Å². The lowest BCUT2D eigenvalue weighted by molar-refractivity contribution is 0.0705. The third-order valence-electron chi connectivity index (χ3n) is 4.17. The molecule has 2 N–H and O–H groups in total. The summed E-state index contributed by atoms with van der Waals surface area (Å²) in [5.41, 5.74) is 5.30. The molecule has 0 radical (unpaired) electrons. The van der Waals surface area contributed by atoms with E-state index in [1.165, 1.54) is 11.9 Å². The molecule has 4 rings (SSSR count). The number of rotatable bonds is 2. The average Bonchev–Trinajstić information content (AvgIpc) is 2.91. The summed E-state index contributed by atoms with van der Waals surface area (Å²) in [6.07, 6.45) is 5.21. The number of amides is 1. The Kier molecular flexibility index (Phi) is 2.97. The molecule has 2 aliphatic rings. The number of hydroxylamine groups is 1. The molecule has 112 valence electrons. The van der Waals surface area contributed by atoms with Crippen LogP contribution < -0.4 is 5.48 Å². The number of furan rings is 1. The first-order valence-electron chi connectivity index (χ1n) is 7.19. The van der Waals surface area contributed by atoms with Crippen LogP contribution >= 0.6 is 0 Å². The predicted octanol–water partition coefficient (Wildman–Crippen LogP) is 1.75. The highest BCUT2D eigenvalue weighted by Crippen LogP contribution is 2.28. The van der Waals surface area contributed by atoms with Crippen molar-refractivity contribution in [3.8, 4) is 0 Å². The molecule has 2 bridgehead atoms. The van der Waals surface area contributed by atoms with E-state index in [1.54, 1.807) is 11.5 Å². The van der Waals surface area contributed by atoms with Gasteiger partial charge in [-0.1, -0.05) is 0 Å². The van der Waals surface area contributed by atoms with E-state index >= 15 is 0 Å². The van der Waals surface area contributed by atoms with Gasteiger partial charge in [-0.3, -0.25) is 15.0 Å². The maximum atomic E-state index is 11.4. The molecule has 0 spiro atoms. The number of carbonyl (C=O) groups is 1. The molecule has 2 aromatic heterocycles. The van der Waals surface area contributed by atoms with Crippen LogP contribution in [0.15, 0.2) is 34.5 Å². The first kappa shape index (κ1) is 13.1. The minimum Gasteiger partial charge on any atom is -0.461 e. The number of allylic oxidation sites excluding steroid dienone is 1. The maximum Gasteiger partial charge on any atom is 0.276 e. The first-order chi connectivity index (χ1) is 10.7. The molecule has 0 aliphatic carbocycles. The molecule has 1 amide bonds. The van der Waals surface area contributed by atoms with Crippen LogP contribution in [0.5, 0.6) is 0 Å². The van der Waals surface area contributed by atoms with Crippen LogP contribution in [-0.4, -0.2) is 27.5 Å². The number of hydrogen-bond acceptors (Lipinski definition) is 5. The Morgan fingerprint density at radius 3 is 3.14 bits per heavy atom. The fourth-order valence-corrected chi connectivity index (χ4v) is 3.01. The van der Waals surface area contributed by atoms with Crippen LogP contribution in [0.2, 0.25) is 0 Å². The van der Waals surface area contributed by atoms with Gasteiger partial charge >= 0.3 is 0 Å². The van der Waals surface area contributed by atoms with Gasteiger partial charge in [0.05, 0.1) is 17.8 Å². The molecule has 0 unspecified atom stereocenters. The van der Waals surface area contributed by atoms with Crippen molar-refractivity contribution in [3.63, 3.8) is 0 Å². The van der Waals surface area contributed by atoms with E-state index in [9.17, 15) is 4.79 Å². The monoisotopic (exact) mass is 297 g/mol. The van der Waals surface area contributed by atoms with Crippen molar-refractivity contribution in [1.29, 1.82) is 0 Å². The van der Waals surface area contributed by atoms with E-state index in [4.69, 9.17) is 9.62 Å². The van der Waals surface area contributed by atoms with Gasteiger partial charge in [0.25, 0.3) is 5.91 Å². The Labute approximate surface area is 127 Å². The van der Waals surface area contributed by atoms with Gasteiger partial charge in [0.2, 0.25) is 0 Å². The fourth-order valence-electron chi connectivity index (χ4n) is 3.01. The minimum atomic E-state index is -0.527. The normalized spacial score (nSPS) is 16.0. The van der Waals surface area contributed by atoms with Crippen molar-refractivity contribution < 1.29 is 14.4 Å². The Balaban J connectivity index is 1.57. The van der Waals surface area contributed by atoms with Crippen LogP contribution in [0.1, 0.15) is 33.1 Å². The summed E-state index contributed by atoms with van der Waals surface area (Å²) in [5, 5.41) is 8.69. The van der Waals surface area contributed by atoms with E-state index in [2.05, 4.69) is 16.0 Å². The zero-order valence-corrected chi connectivity index (χ0v) is 11.9. The number of carbonyl (C=O) groups excluding carboxylic acids is 1. The first-order valence-corrected chi connectivity index (χ1v) is 7.19. The van der Waals surface area contributed by atoms with Gasteiger partial charge in [-0.2, -0.15) is 0 Å². The Morgan fingerprint density at radius 1 is 1.41 bits per heavy atom. The second kappa shape index (κ2) is 4.99. The van der Waals surface area contributed by atoms with Crippen LogP contribution in [-0.2, 0) is 19.4 Å². The van der Waals surface area contributed by atoms with Crippen molar-refractivity contribution in [1.82, 2.24) is 15.4 Å². The van der Waals surface area contributed by atoms with Gasteiger partial charge in [0.15, 0.2) is 0 Å². The van der Waals surface area contributed by atoms with Crippen LogP contribution in [0, 0.1) is 0 Å². The molecule has 6 heteroatoms. The van der Waals surface area contributed by atoms with Gasteiger partial charge < -0.3 is 9.32 Å². The Bertz CT molecular complexity index is 779. The van der Waals surface area contributed by atoms with E-state index < -0.39 is 5.91 Å². The molecule has 2 aliphatic heterocycles. The number of nitrogens with zero attached hydrogens (tertiary/aromatic N) is 2. The number of hydrogen-bond donors (Lipinski definition) is 2. The summed E-state index contributed by atoms with van der Waals surface area (Å²) in [5.74, 6) is 1.35. The second-order valence-electron chi connectivity index (χ2n) is 5.56. The van der Waals surface area contributed by atoms with Crippen LogP contribution in [0.3, 0.4) is 0 Å². The lowest BCUT2D eigenvalue weighted by Crippen LogP contribution is -2.32. The van der Waals surface area contributed by atoms with Crippen LogP contribution in [0.25, 0.3) is 6.08 Å². The van der Waals surface area contributed by atoms with Crippen LogP contribution in [0.4, 0.5) is 0 Å². The van der Waals surface area contributed by atoms with Crippen molar-refractivity contribution in [2.45, 2.75) is 19.4 Å². The maximum absolute atomic E-state index is 11.4. The smallest absolute Gasteiger partial charge is 0.276 e. The molecule has 2 aromatic rings. The van der Waals surface area contributed by atoms with E-state index in [0.717, 1.165) is 48.7 Å². The number of aromatic nitrogens is 1. The molecule has 6 nitrogen and oxygen atoms in total. The molecule has 4 heterocycles. The lowest BCUT2D eigenvalue weighted by atomic mass is 10.0. The average molecular weight is 297 g/mol. The van der Waals surface area contributed by atoms with Gasteiger partial charge in [0, 0.05) is 30.9 Å². The summed E-state index contributed by atoms with van der Waals surface area (Å²) in [6, 6.07) is 5.80. The fraction of sp³-hybridized carbons (Fsp3) is 0.250. The summed E-state index contributed by atoms with van der Waals surface area (Å²) in [4.78, 5) is 18.1. The van der Waals surface area contributed by atoms with Crippen molar-refractivity contribution in [3.05, 3.63) is 58.4 Å². The van der Waals surface area contributed by atoms with Crippen molar-refractivity contribution >= 4 is 12.0 Å². The third-order valence-corrected chi connectivity index (χ3v) is 4.17. The highest BCUT2D eigenvalue weighted by molar-refractivity contribution is 5.93. The summed E-state index contributed by atoms with van der Waals surface area (Å²) in [7, 11) is 0. The highest BCUT2D eigenvalue weighted by atomic mass is 16.5. The molecule has 0 saturated carbocycles. The van der Waals surface area contributed by atoms with Gasteiger partial charge in [-0.15, -0.1) is 0 Å². The lowest BCUT2D eigenvalue weighted by Gasteiger charge is -2.32. The molecule has 0 atom stereocenters. The quantitative estimate of drug-likeness (QED) is 0.652. The molecular formula is C16H15N3O3. The molecular weight excluding hydrogens is 282 g/mol. The standard InChI is InChI=1S/C16H15N3O3/c20-16(18-21)11-5-10-3-4-19(9-15(10)17-8-11)12-6-13-1-2-14(7-12)22-13/h1-2,5-6,8,21H,3-4,7,9H2,(H,18,20). The molecule has 22 heavy (non-hydrogen) atoms. The molecule has 0 fully saturated rings. The summed E-state index contributed by atoms with van der Waals surface area (Å²) in [6.45, 7) is 1.61. The SMILES string of the molecule is O=C(NO)c1cnc2c(c1)CCN(C1=Cc3ccc(o3)C1)C2. The molecule has 0 saturated heterocycles. The second-order valence-corrected chi connectivity index (χ2v) is 5.56. The van der Waals surface area contributed by atoms with Crippen molar-refractivity contribution in [2.24, 2.45) is 0 Å². The highest BCUT2D eigenvalue weighted by Gasteiger charge is 2.23. The largest absolute Gasteiger partial charge is 0.461 e. The zero-order chi connectivity index (χ0) is 15.1. The Hall–Kier alpha value is -2.60. The van der Waals surface area contributed by atoms with Gasteiger partial charge in [-0.25, -0.2) is 5.48 Å². The summed E-state index contributed by atoms with van der Waals surface area (Å²) >= 11 is 0. The van der Waals surface area contributed by atoms with Gasteiger partial charge in [-0.05, 0) is 30.2 Å². The number of fused-ring (bicyclic) bond motifs is 3. The number of pyridine rings is 1. The summed E-state index contributed by atoms with van der Waals surface area (Å²) < 4.78 is 5.58. The topological polar surface area (TPSA) is 78.6 Å². The number of nitrogens with one attached hydrogen (secondary N) is 1. The predicted molar refractivity (Wildman–Crippen MR) is 78.0 cm³/mol. The van der Waals surface area contributed by atoms with E-state index in [0.29, 0.717) is 5.56 Å². The van der Waals surface area contributed by atoms with E-state index in [1.807, 2.05) is 12.1 Å². The molecule has 0 aromatic carbocycles. The Morgan fingerprint density at radius 2 is 2.32 bits per heavy atom. The van der Waals surface area contributed by atoms with E-state index in [-0.39, 0.29) is 0 Å².